The van der Waals surface area contributed by atoms with E-state index in [1.165, 1.54) is 44.9 Å². The summed E-state index contributed by atoms with van der Waals surface area (Å²) in [6.07, 6.45) is 11.5. The molecule has 0 aliphatic heterocycles. The summed E-state index contributed by atoms with van der Waals surface area (Å²) in [4.78, 5) is 2.45. The summed E-state index contributed by atoms with van der Waals surface area (Å²) >= 11 is 0. The lowest BCUT2D eigenvalue weighted by molar-refractivity contribution is -0.128. The highest BCUT2D eigenvalue weighted by atomic mass is 16.3. The highest BCUT2D eigenvalue weighted by Gasteiger charge is 2.60. The first kappa shape index (κ1) is 18.3. The van der Waals surface area contributed by atoms with Gasteiger partial charge in [-0.2, -0.15) is 0 Å². The van der Waals surface area contributed by atoms with E-state index in [0.29, 0.717) is 16.9 Å². The molecule has 0 saturated heterocycles. The van der Waals surface area contributed by atoms with Gasteiger partial charge in [0.05, 0.1) is 12.7 Å². The molecule has 25 heavy (non-hydrogen) atoms. The number of hydrogen-bond acceptors (Lipinski definition) is 3. The molecule has 3 heteroatoms. The molecule has 0 amide bonds. The van der Waals surface area contributed by atoms with Gasteiger partial charge in [-0.3, -0.25) is 0 Å². The van der Waals surface area contributed by atoms with E-state index < -0.39 is 0 Å². The van der Waals surface area contributed by atoms with Gasteiger partial charge in [0.25, 0.3) is 0 Å². The normalized spacial score (nSPS) is 52.6. The Kier molecular flexibility index (Phi) is 4.74. The minimum absolute atomic E-state index is 0.0357. The first-order valence-corrected chi connectivity index (χ1v) is 10.9. The number of fused-ring (bicyclic) bond motifs is 5. The van der Waals surface area contributed by atoms with Crippen LogP contribution in [0.2, 0.25) is 0 Å². The number of hydrogen-bond donors (Lipinski definition) is 2. The van der Waals surface area contributed by atoms with Gasteiger partial charge in [0, 0.05) is 12.6 Å². The number of aliphatic hydroxyl groups excluding tert-OH is 2. The Balaban J connectivity index is 1.56. The molecule has 0 unspecified atom stereocenters. The summed E-state index contributed by atoms with van der Waals surface area (Å²) in [6, 6.07) is 0.657. The number of aliphatic hydroxyl groups is 2. The van der Waals surface area contributed by atoms with Crippen molar-refractivity contribution in [2.75, 3.05) is 20.2 Å². The molecule has 144 valence electrons. The molecule has 0 aromatic carbocycles. The quantitative estimate of drug-likeness (QED) is 0.817. The lowest BCUT2D eigenvalue weighted by Crippen LogP contribution is -2.56. The second-order valence-electron chi connectivity index (χ2n) is 10.4. The Morgan fingerprint density at radius 1 is 0.920 bits per heavy atom. The van der Waals surface area contributed by atoms with Crippen molar-refractivity contribution in [2.24, 2.45) is 34.5 Å². The zero-order valence-electron chi connectivity index (χ0n) is 16.6. The number of nitrogens with zero attached hydrogens (tertiary/aromatic N) is 1. The van der Waals surface area contributed by atoms with Crippen LogP contribution in [0.4, 0.5) is 0 Å². The van der Waals surface area contributed by atoms with Gasteiger partial charge in [0.2, 0.25) is 0 Å². The van der Waals surface area contributed by atoms with Gasteiger partial charge in [-0.15, -0.1) is 0 Å². The average Bonchev–Trinajstić information content (AvgIpc) is 2.93. The van der Waals surface area contributed by atoms with Gasteiger partial charge in [-0.1, -0.05) is 13.8 Å². The molecule has 0 aromatic heterocycles. The fraction of sp³-hybridized carbons (Fsp3) is 1.00. The third-order valence-corrected chi connectivity index (χ3v) is 9.57. The molecule has 0 heterocycles. The molecular formula is C22H39NO2. The minimum atomic E-state index is -0.0357. The van der Waals surface area contributed by atoms with Crippen LogP contribution in [0.5, 0.6) is 0 Å². The maximum atomic E-state index is 10.2. The zero-order valence-corrected chi connectivity index (χ0v) is 16.6. The highest BCUT2D eigenvalue weighted by Crippen LogP contribution is 2.66. The topological polar surface area (TPSA) is 43.7 Å². The van der Waals surface area contributed by atoms with Crippen molar-refractivity contribution in [3.05, 3.63) is 0 Å². The summed E-state index contributed by atoms with van der Waals surface area (Å²) in [6.45, 7) is 6.24. The van der Waals surface area contributed by atoms with Crippen molar-refractivity contribution in [1.29, 1.82) is 0 Å². The van der Waals surface area contributed by atoms with Crippen LogP contribution < -0.4 is 0 Å². The average molecular weight is 350 g/mol. The van der Waals surface area contributed by atoms with Crippen molar-refractivity contribution in [1.82, 2.24) is 4.90 Å². The van der Waals surface area contributed by atoms with Crippen LogP contribution in [0.3, 0.4) is 0 Å². The zero-order chi connectivity index (χ0) is 17.8. The minimum Gasteiger partial charge on any atom is -0.395 e. The number of likely N-dealkylation sites (N-methyl/N-ethyl adjacent to an activating group) is 1. The van der Waals surface area contributed by atoms with Crippen molar-refractivity contribution in [3.8, 4) is 0 Å². The van der Waals surface area contributed by atoms with E-state index in [1.54, 1.807) is 0 Å². The summed E-state index contributed by atoms with van der Waals surface area (Å²) in [5.74, 6) is 3.43. The van der Waals surface area contributed by atoms with Gasteiger partial charge in [0.1, 0.15) is 0 Å². The van der Waals surface area contributed by atoms with Crippen LogP contribution in [0.1, 0.15) is 71.6 Å². The fourth-order valence-corrected chi connectivity index (χ4v) is 8.25. The van der Waals surface area contributed by atoms with Crippen LogP contribution in [0.25, 0.3) is 0 Å². The van der Waals surface area contributed by atoms with Gasteiger partial charge >= 0.3 is 0 Å². The van der Waals surface area contributed by atoms with Gasteiger partial charge in [0.15, 0.2) is 0 Å². The molecule has 4 saturated carbocycles. The lowest BCUT2D eigenvalue weighted by atomic mass is 9.45. The summed E-state index contributed by atoms with van der Waals surface area (Å²) < 4.78 is 0. The van der Waals surface area contributed by atoms with E-state index in [-0.39, 0.29) is 12.7 Å². The molecule has 2 N–H and O–H groups in total. The monoisotopic (exact) mass is 349 g/mol. The molecular weight excluding hydrogens is 310 g/mol. The third kappa shape index (κ3) is 2.72. The van der Waals surface area contributed by atoms with Crippen LogP contribution >= 0.6 is 0 Å². The van der Waals surface area contributed by atoms with Crippen molar-refractivity contribution in [2.45, 2.75) is 83.8 Å². The molecule has 4 rings (SSSR count). The number of rotatable bonds is 3. The Bertz CT molecular complexity index is 496. The largest absolute Gasteiger partial charge is 0.395 e. The van der Waals surface area contributed by atoms with E-state index in [2.05, 4.69) is 25.8 Å². The van der Waals surface area contributed by atoms with Gasteiger partial charge in [-0.25, -0.2) is 0 Å². The Morgan fingerprint density at radius 3 is 2.40 bits per heavy atom. The SMILES string of the molecule is CN(CCO)[C@H]1CC[C@H]2[C@@H]3CC[C@H]4C[C@H](O)CC[C@]4(C)[C@H]3CC[C@]12C. The Labute approximate surface area is 154 Å². The Hall–Kier alpha value is -0.120. The summed E-state index contributed by atoms with van der Waals surface area (Å²) in [7, 11) is 2.22. The van der Waals surface area contributed by atoms with Gasteiger partial charge in [-0.05, 0) is 99.3 Å². The molecule has 8 atom stereocenters. The maximum Gasteiger partial charge on any atom is 0.0558 e. The van der Waals surface area contributed by atoms with Crippen molar-refractivity contribution >= 4 is 0 Å². The fourth-order valence-electron chi connectivity index (χ4n) is 8.25. The van der Waals surface area contributed by atoms with E-state index in [1.807, 2.05) is 0 Å². The predicted molar refractivity (Wildman–Crippen MR) is 101 cm³/mol. The van der Waals surface area contributed by atoms with E-state index in [0.717, 1.165) is 43.1 Å². The molecule has 0 aromatic rings. The van der Waals surface area contributed by atoms with Crippen molar-refractivity contribution in [3.63, 3.8) is 0 Å². The van der Waals surface area contributed by atoms with Crippen LogP contribution in [0, 0.1) is 34.5 Å². The summed E-state index contributed by atoms with van der Waals surface area (Å²) in [5.41, 5.74) is 0.932. The first-order chi connectivity index (χ1) is 11.9. The molecule has 0 radical (unpaired) electrons. The van der Waals surface area contributed by atoms with Crippen molar-refractivity contribution < 1.29 is 10.2 Å². The van der Waals surface area contributed by atoms with Crippen LogP contribution in [-0.4, -0.2) is 47.5 Å². The smallest absolute Gasteiger partial charge is 0.0558 e. The standard InChI is InChI=1S/C22H39NO2/c1-21-10-8-16(25)14-15(21)4-5-17-18-6-7-20(23(3)12-13-24)22(18,2)11-9-19(17)21/h15-20,24-25H,4-14H2,1-3H3/t15-,16+,17-,18-,19-,20-,21-,22-/m0/s1. The van der Waals surface area contributed by atoms with E-state index in [4.69, 9.17) is 0 Å². The Morgan fingerprint density at radius 2 is 1.64 bits per heavy atom. The second-order valence-corrected chi connectivity index (χ2v) is 10.4. The van der Waals surface area contributed by atoms with Crippen LogP contribution in [0.15, 0.2) is 0 Å². The predicted octanol–water partition coefficient (Wildman–Crippen LogP) is 3.68. The molecule has 4 aliphatic rings. The van der Waals surface area contributed by atoms with E-state index in [9.17, 15) is 10.2 Å². The maximum absolute atomic E-state index is 10.2. The molecule has 0 spiro atoms. The molecule has 3 nitrogen and oxygen atoms in total. The highest BCUT2D eigenvalue weighted by molar-refractivity contribution is 5.11. The molecule has 0 bridgehead atoms. The lowest BCUT2D eigenvalue weighted by Gasteiger charge is -2.61. The third-order valence-electron chi connectivity index (χ3n) is 9.57. The first-order valence-electron chi connectivity index (χ1n) is 10.9. The summed E-state index contributed by atoms with van der Waals surface area (Å²) in [5, 5.41) is 19.6. The van der Waals surface area contributed by atoms with Crippen LogP contribution in [-0.2, 0) is 0 Å². The second kappa shape index (κ2) is 6.49. The molecule has 4 fully saturated rings. The molecule has 4 aliphatic carbocycles. The van der Waals surface area contributed by atoms with E-state index >= 15 is 0 Å². The van der Waals surface area contributed by atoms with Gasteiger partial charge < -0.3 is 15.1 Å².